The zero-order chi connectivity index (χ0) is 94.6. The summed E-state index contributed by atoms with van der Waals surface area (Å²) in [6, 6.07) is 5.98. The SMILES string of the molecule is Cc1cc(OCCCC(=O)NCCNC(=O)[C@H](CS(O)(O)O)NC(=O)CC[C@H](NC(=O)OC(C)(C)C)C(=O)N[C@@H](CS(O)(O)O)C(=O)NCCNC(=O)CCCOc2cc(C)c(S(=O)(=O)N[C@@H](CNC(=O)c3ccc4c(cnn4CCCNc4ncc[nH]4)c3)C(=O)O)c(C)c2)cc(C)c1S(=O)(=O)N[C@@H](CNC(=O)c1ccc2c(cnn2CCCNc2ncc[nH]2)c1)C(=O)O. The molecule has 23 N–H and O–H groups in total. The minimum absolute atomic E-state index is 0.0544. The lowest BCUT2D eigenvalue weighted by atomic mass is 10.1. The maximum atomic E-state index is 13.9. The van der Waals surface area contributed by atoms with Gasteiger partial charge in [-0.15, -0.1) is 0 Å². The number of aromatic nitrogens is 8. The van der Waals surface area contributed by atoms with Gasteiger partial charge in [-0.1, -0.05) is 0 Å². The lowest BCUT2D eigenvalue weighted by molar-refractivity contribution is -0.139. The summed E-state index contributed by atoms with van der Waals surface area (Å²) in [5.41, 5.74) is 1.40. The average Bonchev–Trinajstić information content (AvgIpc) is 1.75. The van der Waals surface area contributed by atoms with Crippen molar-refractivity contribution in [2.45, 2.75) is 159 Å². The summed E-state index contributed by atoms with van der Waals surface area (Å²) >= 11 is 0. The molecule has 4 aromatic heterocycles. The first-order valence-electron chi connectivity index (χ1n) is 40.4. The summed E-state index contributed by atoms with van der Waals surface area (Å²) in [5.74, 6) is -10.8. The number of alkyl carbamates (subject to hydrolysis) is 1. The van der Waals surface area contributed by atoms with Crippen molar-refractivity contribution < 1.29 is 121 Å². The van der Waals surface area contributed by atoms with Gasteiger partial charge in [-0.2, -0.15) is 19.6 Å². The zero-order valence-corrected chi connectivity index (χ0v) is 74.7. The van der Waals surface area contributed by atoms with Crippen LogP contribution < -0.4 is 77.4 Å². The smallest absolute Gasteiger partial charge is 0.408 e. The first-order chi connectivity index (χ1) is 60.8. The number of carbonyl (C=O) groups excluding carboxylic acids is 9. The van der Waals surface area contributed by atoms with Crippen LogP contribution in [-0.4, -0.2) is 272 Å². The van der Waals surface area contributed by atoms with Crippen LogP contribution in [0.3, 0.4) is 0 Å². The van der Waals surface area contributed by atoms with E-state index in [-0.39, 0.29) is 120 Å². The van der Waals surface area contributed by atoms with Crippen LogP contribution in [0, 0.1) is 27.7 Å². The third kappa shape index (κ3) is 33.4. The predicted octanol–water partition coefficient (Wildman–Crippen LogP) is 2.97. The van der Waals surface area contributed by atoms with Crippen LogP contribution in [0.4, 0.5) is 16.7 Å². The molecular formula is C78H109N21O26S4. The van der Waals surface area contributed by atoms with E-state index in [0.29, 0.717) is 61.7 Å². The second-order valence-electron chi connectivity index (χ2n) is 30.6. The Balaban J connectivity index is 0.731. The first-order valence-corrected chi connectivity index (χ1v) is 46.7. The molecule has 0 aliphatic rings. The molecule has 5 atom stereocenters. The maximum Gasteiger partial charge on any atom is 0.408 e. The van der Waals surface area contributed by atoms with E-state index in [1.165, 1.54) is 78.8 Å². The molecule has 51 heteroatoms. The Morgan fingerprint density at radius 2 is 0.868 bits per heavy atom. The van der Waals surface area contributed by atoms with E-state index in [1.54, 1.807) is 76.9 Å². The summed E-state index contributed by atoms with van der Waals surface area (Å²) < 4.78 is 140. The van der Waals surface area contributed by atoms with Gasteiger partial charge in [0, 0.05) is 131 Å². The second-order valence-corrected chi connectivity index (χ2v) is 37.1. The number of anilines is 2. The number of ether oxygens (including phenoxy) is 3. The number of rotatable bonds is 53. The van der Waals surface area contributed by atoms with Crippen LogP contribution in [0.25, 0.3) is 21.8 Å². The van der Waals surface area contributed by atoms with Crippen LogP contribution >= 0.6 is 21.7 Å². The third-order valence-corrected chi connectivity index (χ3v) is 24.0. The number of aliphatic carboxylic acids is 2. The molecule has 0 bridgehead atoms. The number of sulfonamides is 2. The number of benzene rings is 4. The van der Waals surface area contributed by atoms with Crippen molar-refractivity contribution >= 4 is 141 Å². The second kappa shape index (κ2) is 47.1. The fraction of sp³-hybridized carbons (Fsp3) is 0.449. The Morgan fingerprint density at radius 3 is 1.25 bits per heavy atom. The van der Waals surface area contributed by atoms with Gasteiger partial charge in [-0.05, 0) is 163 Å². The van der Waals surface area contributed by atoms with Crippen molar-refractivity contribution in [2.24, 2.45) is 0 Å². The molecule has 0 spiro atoms. The number of carboxylic acids is 2. The number of nitrogens with one attached hydrogen (secondary N) is 15. The zero-order valence-electron chi connectivity index (χ0n) is 71.4. The summed E-state index contributed by atoms with van der Waals surface area (Å²) in [5, 5.41) is 57.9. The molecular weight excluding hydrogens is 1780 g/mol. The largest absolute Gasteiger partial charge is 0.494 e. The Hall–Kier alpha value is -12.3. The standard InChI is InChI=1S/C78H109N21O26S4/c1-46-34-54(35-47(2)66(46)128(119,120)96-57(73(108)109)42-89-68(103)50-14-17-61-52(38-50)40-91-98(61)30-10-20-83-75-85-26-27-86-75)123-32-8-12-63(100)79-22-24-81-70(105)59(44-126(113,114)115)93-65(102)19-16-56(95-77(112)125-78(5,6)7)72(107)94-60(45-127(116,117)118)71(106)82-25-23-80-64(101)13-9-33-124-55-36-48(3)67(49(4)37-55)129(121,122)97-58(74(110)111)43-90-69(104)51-15-18-62-53(39-51)41-92-99(62)31-11-21-84-76-87-28-29-88-76/h14-15,17-18,26-29,34-41,56-60,96-97,113-118H,8-13,16,19-25,30-33,42-45H2,1-7H3,(H,79,100)(H,80,101)(H,81,105)(H,82,106)(H,89,103)(H,90,104)(H,93,102)(H,94,107)(H,95,112)(H,108,109)(H,110,111)(H2,83,85,86)(H2,84,87,88)/t56-,57-,58-,59-,60-/m0/s1. The van der Waals surface area contributed by atoms with E-state index in [1.807, 2.05) is 0 Å². The molecule has 8 rings (SSSR count). The van der Waals surface area contributed by atoms with Gasteiger partial charge in [0.25, 0.3) is 11.8 Å². The number of aromatic amines is 2. The van der Waals surface area contributed by atoms with Crippen LogP contribution in [0.1, 0.15) is 115 Å². The molecule has 0 fully saturated rings. The van der Waals surface area contributed by atoms with Gasteiger partial charge < -0.3 is 120 Å². The number of H-pyrrole nitrogens is 2. The number of amides is 9. The molecule has 4 heterocycles. The monoisotopic (exact) mass is 1880 g/mol. The van der Waals surface area contributed by atoms with Crippen molar-refractivity contribution in [1.82, 2.24) is 96.8 Å². The summed E-state index contributed by atoms with van der Waals surface area (Å²) in [6.07, 6.45) is 8.55. The van der Waals surface area contributed by atoms with E-state index >= 15 is 0 Å². The third-order valence-electron chi connectivity index (χ3n) is 18.9. The number of carboxylic acid groups (broad SMARTS) is 2. The number of nitrogens with zero attached hydrogens (tertiary/aromatic N) is 6. The first kappa shape index (κ1) is 102. The predicted molar refractivity (Wildman–Crippen MR) is 471 cm³/mol. The molecule has 0 saturated carbocycles. The highest BCUT2D eigenvalue weighted by Crippen LogP contribution is 2.35. The molecule has 8 aromatic rings. The van der Waals surface area contributed by atoms with Gasteiger partial charge in [-0.25, -0.2) is 31.6 Å². The lowest BCUT2D eigenvalue weighted by Crippen LogP contribution is -2.56. The number of carbonyl (C=O) groups is 11. The van der Waals surface area contributed by atoms with Gasteiger partial charge in [0.05, 0.1) is 79.7 Å². The summed E-state index contributed by atoms with van der Waals surface area (Å²) in [7, 11) is -18.2. The topological polar surface area (TPSA) is 695 Å². The van der Waals surface area contributed by atoms with Crippen LogP contribution in [0.2, 0.25) is 0 Å². The molecule has 0 saturated heterocycles. The van der Waals surface area contributed by atoms with Crippen LogP contribution in [0.15, 0.2) is 108 Å². The molecule has 47 nitrogen and oxygen atoms in total. The summed E-state index contributed by atoms with van der Waals surface area (Å²) in [6.45, 7) is 10.1. The van der Waals surface area contributed by atoms with E-state index in [9.17, 15) is 107 Å². The Morgan fingerprint density at radius 1 is 0.465 bits per heavy atom. The highest BCUT2D eigenvalue weighted by molar-refractivity contribution is 8.19. The summed E-state index contributed by atoms with van der Waals surface area (Å²) in [4.78, 5) is 158. The molecule has 706 valence electrons. The number of imidazole rings is 2. The number of fused-ring (bicyclic) bond motifs is 2. The minimum Gasteiger partial charge on any atom is -0.494 e. The van der Waals surface area contributed by atoms with E-state index in [2.05, 4.69) is 98.1 Å². The number of aryl methyl sites for hydroxylation is 6. The van der Waals surface area contributed by atoms with Crippen LogP contribution in [-0.2, 0) is 76.2 Å². The number of hydrogen-bond acceptors (Lipinski definition) is 30. The van der Waals surface area contributed by atoms with Crippen molar-refractivity contribution in [2.75, 3.05) is 87.7 Å². The molecule has 4 aromatic carbocycles. The van der Waals surface area contributed by atoms with Gasteiger partial charge in [0.1, 0.15) is 47.3 Å². The highest BCUT2D eigenvalue weighted by Gasteiger charge is 2.36. The Kier molecular flexibility index (Phi) is 37.3. The highest BCUT2D eigenvalue weighted by atomic mass is 32.3. The molecule has 9 amide bonds. The fourth-order valence-corrected chi connectivity index (χ4v) is 17.7. The molecule has 0 aliphatic carbocycles. The van der Waals surface area contributed by atoms with E-state index in [4.69, 9.17) is 14.2 Å². The van der Waals surface area contributed by atoms with Crippen LogP contribution in [0.5, 0.6) is 11.5 Å². The number of hydrogen-bond donors (Lipinski definition) is 23. The normalized spacial score (nSPS) is 13.3. The molecule has 129 heavy (non-hydrogen) atoms. The quantitative estimate of drug-likeness (QED) is 0.0244. The molecule has 0 radical (unpaired) electrons. The minimum atomic E-state index is -4.57. The molecule has 0 unspecified atom stereocenters. The van der Waals surface area contributed by atoms with Gasteiger partial charge in [0.2, 0.25) is 55.5 Å². The lowest BCUT2D eigenvalue weighted by Gasteiger charge is -2.28. The van der Waals surface area contributed by atoms with E-state index in [0.717, 1.165) is 11.0 Å². The average molecular weight is 1890 g/mol. The van der Waals surface area contributed by atoms with Gasteiger partial charge in [-0.3, -0.25) is 57.3 Å². The maximum absolute atomic E-state index is 13.9. The molecule has 0 aliphatic heterocycles. The van der Waals surface area contributed by atoms with Crippen molar-refractivity contribution in [3.63, 3.8) is 0 Å². The Labute approximate surface area is 743 Å². The Bertz CT molecular complexity index is 5440. The van der Waals surface area contributed by atoms with Crippen molar-refractivity contribution in [3.8, 4) is 11.5 Å². The van der Waals surface area contributed by atoms with Gasteiger partial charge >= 0.3 is 18.0 Å². The fourth-order valence-electron chi connectivity index (χ4n) is 13.1. The van der Waals surface area contributed by atoms with Crippen molar-refractivity contribution in [3.05, 3.63) is 131 Å². The van der Waals surface area contributed by atoms with Gasteiger partial charge in [0.15, 0.2) is 11.9 Å². The van der Waals surface area contributed by atoms with E-state index < -0.39 is 180 Å². The van der Waals surface area contributed by atoms with Crippen molar-refractivity contribution in [1.29, 1.82) is 0 Å².